The molecule has 0 aliphatic rings. The fourth-order valence-electron chi connectivity index (χ4n) is 0.687. The number of nitrogens with two attached hydrogens (primary N) is 1. The summed E-state index contributed by atoms with van der Waals surface area (Å²) in [7, 11) is 1.49. The largest absolute Gasteiger partial charge is 0.390 e. The Bertz CT molecular complexity index is 155. The Labute approximate surface area is 68.8 Å². The van der Waals surface area contributed by atoms with E-state index in [1.54, 1.807) is 0 Å². The van der Waals surface area contributed by atoms with Crippen LogP contribution in [0.1, 0.15) is 6.42 Å². The summed E-state index contributed by atoms with van der Waals surface area (Å²) in [4.78, 5) is 1.36. The fourth-order valence-corrected chi connectivity index (χ4v) is 0.687. The maximum absolute atomic E-state index is 11.6. The maximum atomic E-state index is 11.6. The monoisotopic (exact) mass is 183 g/mol. The van der Waals surface area contributed by atoms with Crippen molar-refractivity contribution < 1.29 is 13.2 Å². The van der Waals surface area contributed by atoms with Crippen LogP contribution in [0.25, 0.3) is 0 Å². The van der Waals surface area contributed by atoms with Gasteiger partial charge in [0.25, 0.3) is 0 Å². The Morgan fingerprint density at radius 3 is 2.33 bits per heavy atom. The number of likely N-dealkylation sites (N-methyl/N-ethyl adjacent to an activating group) is 1. The molecule has 72 valence electrons. The van der Waals surface area contributed by atoms with Gasteiger partial charge in [-0.15, -0.1) is 0 Å². The lowest BCUT2D eigenvalue weighted by molar-refractivity contribution is -0.137. The molecule has 0 aromatic carbocycles. The molecule has 0 amide bonds. The van der Waals surface area contributed by atoms with Crippen LogP contribution in [0, 0.1) is 5.41 Å². The van der Waals surface area contributed by atoms with Crippen molar-refractivity contribution in [1.82, 2.24) is 4.90 Å². The average Bonchev–Trinajstić information content (AvgIpc) is 1.80. The molecule has 6 heteroatoms. The van der Waals surface area contributed by atoms with Gasteiger partial charge >= 0.3 is 6.18 Å². The number of amidine groups is 1. The molecule has 0 rings (SSSR count). The first-order valence-electron chi connectivity index (χ1n) is 3.39. The van der Waals surface area contributed by atoms with Crippen molar-refractivity contribution in [1.29, 1.82) is 5.41 Å². The van der Waals surface area contributed by atoms with Crippen LogP contribution in [0.5, 0.6) is 0 Å². The van der Waals surface area contributed by atoms with Crippen LogP contribution in [-0.4, -0.2) is 37.0 Å². The Balaban J connectivity index is 3.57. The summed E-state index contributed by atoms with van der Waals surface area (Å²) in [6, 6.07) is 0. The lowest BCUT2D eigenvalue weighted by Gasteiger charge is -2.16. The number of alkyl halides is 3. The van der Waals surface area contributed by atoms with Gasteiger partial charge < -0.3 is 5.73 Å². The summed E-state index contributed by atoms with van der Waals surface area (Å²) in [5, 5.41) is 6.81. The zero-order valence-electron chi connectivity index (χ0n) is 6.78. The van der Waals surface area contributed by atoms with E-state index in [-0.39, 0.29) is 18.9 Å². The molecule has 3 nitrogen and oxygen atoms in total. The predicted octanol–water partition coefficient (Wildman–Crippen LogP) is 0.807. The van der Waals surface area contributed by atoms with Crippen molar-refractivity contribution >= 4 is 5.84 Å². The summed E-state index contributed by atoms with van der Waals surface area (Å²) in [6.07, 6.45) is -5.00. The van der Waals surface area contributed by atoms with E-state index < -0.39 is 12.6 Å². The normalized spacial score (nSPS) is 12.1. The Morgan fingerprint density at radius 1 is 1.50 bits per heavy atom. The molecule has 0 saturated heterocycles. The van der Waals surface area contributed by atoms with Crippen LogP contribution < -0.4 is 5.73 Å². The molecule has 0 fully saturated rings. The van der Waals surface area contributed by atoms with E-state index in [2.05, 4.69) is 0 Å². The number of rotatable bonds is 4. The van der Waals surface area contributed by atoms with Crippen molar-refractivity contribution in [3.05, 3.63) is 0 Å². The zero-order valence-corrected chi connectivity index (χ0v) is 6.78. The van der Waals surface area contributed by atoms with Gasteiger partial charge in [0.1, 0.15) is 5.84 Å². The molecule has 3 N–H and O–H groups in total. The summed E-state index contributed by atoms with van der Waals surface area (Å²) >= 11 is 0. The van der Waals surface area contributed by atoms with Crippen molar-refractivity contribution in [3.8, 4) is 0 Å². The van der Waals surface area contributed by atoms with E-state index in [0.29, 0.717) is 0 Å². The summed E-state index contributed by atoms with van der Waals surface area (Å²) < 4.78 is 34.9. The van der Waals surface area contributed by atoms with Crippen molar-refractivity contribution in [3.63, 3.8) is 0 Å². The average molecular weight is 183 g/mol. The zero-order chi connectivity index (χ0) is 9.78. The van der Waals surface area contributed by atoms with Gasteiger partial charge in [-0.3, -0.25) is 10.3 Å². The number of hydrogen-bond acceptors (Lipinski definition) is 2. The summed E-state index contributed by atoms with van der Waals surface area (Å²) in [5.74, 6) is -0.125. The van der Waals surface area contributed by atoms with Crippen LogP contribution in [0.4, 0.5) is 13.2 Å². The third kappa shape index (κ3) is 7.33. The second kappa shape index (κ2) is 4.30. The van der Waals surface area contributed by atoms with E-state index in [0.717, 1.165) is 0 Å². The minimum Gasteiger partial charge on any atom is -0.387 e. The van der Waals surface area contributed by atoms with E-state index >= 15 is 0 Å². The quantitative estimate of drug-likeness (QED) is 0.500. The Kier molecular flexibility index (Phi) is 4.02. The summed E-state index contributed by atoms with van der Waals surface area (Å²) in [5.41, 5.74) is 4.99. The first kappa shape index (κ1) is 11.2. The number of halogens is 3. The van der Waals surface area contributed by atoms with E-state index in [1.165, 1.54) is 11.9 Å². The molecule has 0 aromatic heterocycles. The highest BCUT2D eigenvalue weighted by atomic mass is 19.4. The molecule has 0 spiro atoms. The topological polar surface area (TPSA) is 53.1 Å². The standard InChI is InChI=1S/C6H12F3N3/c1-12(4-5(10)11)3-2-6(7,8)9/h2-4H2,1H3,(H3,10,11). The summed E-state index contributed by atoms with van der Waals surface area (Å²) in [6.45, 7) is -0.0425. The molecule has 0 unspecified atom stereocenters. The minimum atomic E-state index is -4.13. The lowest BCUT2D eigenvalue weighted by atomic mass is 10.4. The minimum absolute atomic E-state index is 0.0794. The lowest BCUT2D eigenvalue weighted by Crippen LogP contribution is -2.32. The Hall–Kier alpha value is -0.780. The molecular formula is C6H12F3N3. The highest BCUT2D eigenvalue weighted by Gasteiger charge is 2.26. The van der Waals surface area contributed by atoms with Gasteiger partial charge in [0, 0.05) is 6.54 Å². The van der Waals surface area contributed by atoms with Crippen LogP contribution in [0.15, 0.2) is 0 Å². The van der Waals surface area contributed by atoms with Gasteiger partial charge in [-0.25, -0.2) is 0 Å². The van der Waals surface area contributed by atoms with Gasteiger partial charge in [0.2, 0.25) is 0 Å². The molecule has 0 heterocycles. The van der Waals surface area contributed by atoms with E-state index in [4.69, 9.17) is 11.1 Å². The molecule has 12 heavy (non-hydrogen) atoms. The molecule has 0 aliphatic heterocycles. The van der Waals surface area contributed by atoms with Crippen molar-refractivity contribution in [2.24, 2.45) is 5.73 Å². The van der Waals surface area contributed by atoms with Gasteiger partial charge in [0.15, 0.2) is 0 Å². The SMILES string of the molecule is CN(CCC(F)(F)F)CC(=N)N. The number of hydrogen-bond donors (Lipinski definition) is 2. The molecule has 0 radical (unpaired) electrons. The van der Waals surface area contributed by atoms with Crippen molar-refractivity contribution in [2.75, 3.05) is 20.1 Å². The molecule has 0 bridgehead atoms. The predicted molar refractivity (Wildman–Crippen MR) is 40.1 cm³/mol. The van der Waals surface area contributed by atoms with E-state index in [9.17, 15) is 13.2 Å². The molecule has 0 aliphatic carbocycles. The van der Waals surface area contributed by atoms with Gasteiger partial charge in [-0.05, 0) is 7.05 Å². The second-order valence-corrected chi connectivity index (χ2v) is 2.63. The van der Waals surface area contributed by atoms with Gasteiger partial charge in [0.05, 0.1) is 13.0 Å². The number of nitrogens with zero attached hydrogens (tertiary/aromatic N) is 1. The second-order valence-electron chi connectivity index (χ2n) is 2.63. The van der Waals surface area contributed by atoms with E-state index in [1.807, 2.05) is 0 Å². The number of nitrogens with one attached hydrogen (secondary N) is 1. The van der Waals surface area contributed by atoms with Crippen molar-refractivity contribution in [2.45, 2.75) is 12.6 Å². The highest BCUT2D eigenvalue weighted by molar-refractivity contribution is 5.78. The molecule has 0 saturated carbocycles. The first-order chi connectivity index (χ1) is 5.31. The molecule has 0 atom stereocenters. The van der Waals surface area contributed by atoms with Crippen LogP contribution in [0.2, 0.25) is 0 Å². The molecular weight excluding hydrogens is 171 g/mol. The third-order valence-electron chi connectivity index (χ3n) is 1.22. The van der Waals surface area contributed by atoms with Gasteiger partial charge in [-0.1, -0.05) is 0 Å². The molecule has 0 aromatic rings. The third-order valence-corrected chi connectivity index (χ3v) is 1.22. The smallest absolute Gasteiger partial charge is 0.387 e. The van der Waals surface area contributed by atoms with Crippen LogP contribution in [0.3, 0.4) is 0 Å². The van der Waals surface area contributed by atoms with Gasteiger partial charge in [-0.2, -0.15) is 13.2 Å². The Morgan fingerprint density at radius 2 is 2.00 bits per heavy atom. The fraction of sp³-hybridized carbons (Fsp3) is 0.833. The maximum Gasteiger partial charge on any atom is 0.390 e. The highest BCUT2D eigenvalue weighted by Crippen LogP contribution is 2.19. The van der Waals surface area contributed by atoms with Crippen LogP contribution in [-0.2, 0) is 0 Å². The first-order valence-corrected chi connectivity index (χ1v) is 3.39. The van der Waals surface area contributed by atoms with Crippen LogP contribution >= 0.6 is 0 Å².